The van der Waals surface area contributed by atoms with Gasteiger partial charge in [-0.15, -0.1) is 0 Å². The van der Waals surface area contributed by atoms with Gasteiger partial charge in [-0.1, -0.05) is 0 Å². The molecule has 5 heteroatoms. The molecule has 0 fully saturated rings. The second-order valence-corrected chi connectivity index (χ2v) is 4.96. The third-order valence-electron chi connectivity index (χ3n) is 2.82. The molecule has 0 aromatic carbocycles. The van der Waals surface area contributed by atoms with Crippen molar-refractivity contribution in [2.75, 3.05) is 23.9 Å². The van der Waals surface area contributed by atoms with Crippen molar-refractivity contribution in [3.8, 4) is 0 Å². The Morgan fingerprint density at radius 3 is 3.12 bits per heavy atom. The minimum Gasteiger partial charge on any atom is -0.370 e. The molecule has 0 radical (unpaired) electrons. The lowest BCUT2D eigenvalue weighted by atomic mass is 10.1. The van der Waals surface area contributed by atoms with E-state index in [1.807, 2.05) is 0 Å². The zero-order valence-electron chi connectivity index (χ0n) is 9.51. The van der Waals surface area contributed by atoms with Crippen LogP contribution in [0.25, 0.3) is 0 Å². The van der Waals surface area contributed by atoms with Gasteiger partial charge in [0.15, 0.2) is 0 Å². The summed E-state index contributed by atoms with van der Waals surface area (Å²) in [7, 11) is 0. The lowest BCUT2D eigenvalue weighted by Gasteiger charge is -2.10. The van der Waals surface area contributed by atoms with Gasteiger partial charge >= 0.3 is 5.69 Å². The molecule has 0 aliphatic carbocycles. The molecule has 2 heterocycles. The zero-order valence-corrected chi connectivity index (χ0v) is 10.3. The number of hydrogen-bond donors (Lipinski definition) is 2. The molecular formula is C11H17N3OS. The van der Waals surface area contributed by atoms with E-state index in [4.69, 9.17) is 0 Å². The van der Waals surface area contributed by atoms with Crippen molar-refractivity contribution in [2.24, 2.45) is 0 Å². The number of aryl methyl sites for hydroxylation is 1. The second-order valence-electron chi connectivity index (χ2n) is 3.97. The van der Waals surface area contributed by atoms with Crippen LogP contribution >= 0.6 is 11.8 Å². The van der Waals surface area contributed by atoms with Crippen LogP contribution in [-0.2, 0) is 12.8 Å². The molecule has 1 aromatic heterocycles. The van der Waals surface area contributed by atoms with Crippen LogP contribution in [0.3, 0.4) is 0 Å². The summed E-state index contributed by atoms with van der Waals surface area (Å²) < 4.78 is 0. The summed E-state index contributed by atoms with van der Waals surface area (Å²) in [4.78, 5) is 18.3. The van der Waals surface area contributed by atoms with E-state index in [1.165, 1.54) is 12.0 Å². The number of nitrogens with one attached hydrogen (secondary N) is 2. The smallest absolute Gasteiger partial charge is 0.347 e. The number of aromatic amines is 1. The second kappa shape index (κ2) is 5.39. The Morgan fingerprint density at radius 1 is 1.44 bits per heavy atom. The Balaban J connectivity index is 2.34. The van der Waals surface area contributed by atoms with Crippen molar-refractivity contribution in [3.05, 3.63) is 21.7 Å². The van der Waals surface area contributed by atoms with E-state index >= 15 is 0 Å². The summed E-state index contributed by atoms with van der Waals surface area (Å²) in [5, 5.41) is 3.24. The molecule has 4 nitrogen and oxygen atoms in total. The Bertz CT molecular complexity index is 416. The molecule has 1 aliphatic rings. The predicted octanol–water partition coefficient (Wildman–Crippen LogP) is 1.42. The normalized spacial score (nSPS) is 15.1. The summed E-state index contributed by atoms with van der Waals surface area (Å²) in [5.74, 6) is 1.84. The van der Waals surface area contributed by atoms with Crippen LogP contribution in [0.1, 0.15) is 24.1 Å². The highest BCUT2D eigenvalue weighted by Gasteiger charge is 2.14. The van der Waals surface area contributed by atoms with Crippen LogP contribution in [0.5, 0.6) is 0 Å². The van der Waals surface area contributed by atoms with E-state index < -0.39 is 0 Å². The van der Waals surface area contributed by atoms with Crippen molar-refractivity contribution in [2.45, 2.75) is 25.7 Å². The minimum atomic E-state index is -0.232. The third-order valence-corrected chi connectivity index (χ3v) is 3.44. The Labute approximate surface area is 99.3 Å². The maximum absolute atomic E-state index is 11.4. The quantitative estimate of drug-likeness (QED) is 0.837. The molecule has 0 unspecified atom stereocenters. The molecule has 1 aromatic rings. The van der Waals surface area contributed by atoms with Gasteiger partial charge in [0.2, 0.25) is 0 Å². The third kappa shape index (κ3) is 2.58. The Kier molecular flexibility index (Phi) is 3.88. The minimum absolute atomic E-state index is 0.232. The molecule has 1 aliphatic heterocycles. The summed E-state index contributed by atoms with van der Waals surface area (Å²) in [6, 6.07) is 0. The van der Waals surface area contributed by atoms with E-state index in [2.05, 4.69) is 21.5 Å². The van der Waals surface area contributed by atoms with E-state index in [-0.39, 0.29) is 5.69 Å². The molecule has 2 rings (SSSR count). The maximum Gasteiger partial charge on any atom is 0.347 e. The predicted molar refractivity (Wildman–Crippen MR) is 68.4 cm³/mol. The lowest BCUT2D eigenvalue weighted by molar-refractivity contribution is 0.775. The molecule has 0 amide bonds. The first-order chi connectivity index (χ1) is 7.81. The SMILES string of the molecule is CSCCc1[nH]c(=O)nc2c1CCCCN2. The fourth-order valence-corrected chi connectivity index (χ4v) is 2.42. The molecule has 0 atom stereocenters. The number of aromatic nitrogens is 2. The zero-order chi connectivity index (χ0) is 11.4. The van der Waals surface area contributed by atoms with E-state index in [1.54, 1.807) is 11.8 Å². The van der Waals surface area contributed by atoms with E-state index in [0.29, 0.717) is 0 Å². The van der Waals surface area contributed by atoms with E-state index in [9.17, 15) is 4.79 Å². The number of nitrogens with zero attached hydrogens (tertiary/aromatic N) is 1. The van der Waals surface area contributed by atoms with Crippen molar-refractivity contribution < 1.29 is 0 Å². The van der Waals surface area contributed by atoms with Gasteiger partial charge in [-0.25, -0.2) is 4.79 Å². The molecule has 88 valence electrons. The maximum atomic E-state index is 11.4. The van der Waals surface area contributed by atoms with Crippen LogP contribution in [0.4, 0.5) is 5.82 Å². The lowest BCUT2D eigenvalue weighted by Crippen LogP contribution is -2.19. The van der Waals surface area contributed by atoms with Crippen molar-refractivity contribution in [1.29, 1.82) is 0 Å². The summed E-state index contributed by atoms with van der Waals surface area (Å²) in [6.07, 6.45) is 6.33. The first kappa shape index (κ1) is 11.5. The van der Waals surface area contributed by atoms with Gasteiger partial charge in [0.25, 0.3) is 0 Å². The topological polar surface area (TPSA) is 57.8 Å². The van der Waals surface area contributed by atoms with Gasteiger partial charge in [-0.2, -0.15) is 16.7 Å². The Hall–Kier alpha value is -0.970. The summed E-state index contributed by atoms with van der Waals surface area (Å²) in [5.41, 5.74) is 2.05. The summed E-state index contributed by atoms with van der Waals surface area (Å²) in [6.45, 7) is 0.922. The van der Waals surface area contributed by atoms with Gasteiger partial charge in [0, 0.05) is 17.8 Å². The molecule has 2 N–H and O–H groups in total. The van der Waals surface area contributed by atoms with Crippen LogP contribution in [0.2, 0.25) is 0 Å². The van der Waals surface area contributed by atoms with Crippen LogP contribution in [0, 0.1) is 0 Å². The van der Waals surface area contributed by atoms with Crippen molar-refractivity contribution in [1.82, 2.24) is 9.97 Å². The number of rotatable bonds is 3. The highest BCUT2D eigenvalue weighted by molar-refractivity contribution is 7.98. The first-order valence-corrected chi connectivity index (χ1v) is 7.05. The molecule has 16 heavy (non-hydrogen) atoms. The first-order valence-electron chi connectivity index (χ1n) is 5.66. The van der Waals surface area contributed by atoms with Crippen LogP contribution < -0.4 is 11.0 Å². The number of thioether (sulfide) groups is 1. The van der Waals surface area contributed by atoms with Gasteiger partial charge in [-0.05, 0) is 37.7 Å². The van der Waals surface area contributed by atoms with Crippen molar-refractivity contribution in [3.63, 3.8) is 0 Å². The number of H-pyrrole nitrogens is 1. The van der Waals surface area contributed by atoms with Crippen LogP contribution in [-0.4, -0.2) is 28.5 Å². The highest BCUT2D eigenvalue weighted by Crippen LogP contribution is 2.21. The Morgan fingerprint density at radius 2 is 2.31 bits per heavy atom. The van der Waals surface area contributed by atoms with Gasteiger partial charge in [0.05, 0.1) is 0 Å². The van der Waals surface area contributed by atoms with Crippen molar-refractivity contribution >= 4 is 17.6 Å². The average Bonchev–Trinajstić information content (AvgIpc) is 2.50. The molecule has 0 bridgehead atoms. The number of anilines is 1. The van der Waals surface area contributed by atoms with Gasteiger partial charge in [-0.3, -0.25) is 0 Å². The van der Waals surface area contributed by atoms with Crippen LogP contribution in [0.15, 0.2) is 4.79 Å². The standard InChI is InChI=1S/C11H17N3OS/c1-16-7-5-9-8-4-2-3-6-12-10(8)14-11(15)13-9/h2-7H2,1H3,(H2,12,13,14,15). The van der Waals surface area contributed by atoms with Gasteiger partial charge in [0.1, 0.15) is 5.82 Å². The molecule has 0 saturated heterocycles. The van der Waals surface area contributed by atoms with E-state index in [0.717, 1.165) is 43.1 Å². The molecular weight excluding hydrogens is 222 g/mol. The number of fused-ring (bicyclic) bond motifs is 1. The molecule has 0 saturated carbocycles. The molecule has 0 spiro atoms. The van der Waals surface area contributed by atoms with Gasteiger partial charge < -0.3 is 10.3 Å². The largest absolute Gasteiger partial charge is 0.370 e. The summed E-state index contributed by atoms with van der Waals surface area (Å²) >= 11 is 1.80. The fourth-order valence-electron chi connectivity index (χ4n) is 2.01. The fraction of sp³-hybridized carbons (Fsp3) is 0.636. The average molecular weight is 239 g/mol. The number of hydrogen-bond acceptors (Lipinski definition) is 4. The monoisotopic (exact) mass is 239 g/mol. The highest BCUT2D eigenvalue weighted by atomic mass is 32.2.